The fraction of sp³-hybridized carbons (Fsp3) is 0.333. The number of urea groups is 1. The van der Waals surface area contributed by atoms with Crippen molar-refractivity contribution in [3.05, 3.63) is 35.6 Å². The number of benzene rings is 1. The number of hydrogen-bond donors (Lipinski definition) is 4. The molecule has 0 aliphatic carbocycles. The zero-order valence-electron chi connectivity index (χ0n) is 10.3. The maximum absolute atomic E-state index is 13.4. The molecule has 0 aromatic heterocycles. The van der Waals surface area contributed by atoms with Crippen LogP contribution in [0.1, 0.15) is 18.5 Å². The molecule has 0 heterocycles. The molecule has 1 rings (SSSR count). The van der Waals surface area contributed by atoms with E-state index in [-0.39, 0.29) is 0 Å². The van der Waals surface area contributed by atoms with Crippen molar-refractivity contribution >= 4 is 12.0 Å². The second-order valence-corrected chi connectivity index (χ2v) is 3.95. The van der Waals surface area contributed by atoms with Crippen molar-refractivity contribution in [3.63, 3.8) is 0 Å². The molecule has 2 amide bonds. The third kappa shape index (κ3) is 4.55. The summed E-state index contributed by atoms with van der Waals surface area (Å²) in [7, 11) is 0. The van der Waals surface area contributed by atoms with Gasteiger partial charge in [0.2, 0.25) is 0 Å². The van der Waals surface area contributed by atoms with Crippen molar-refractivity contribution < 1.29 is 24.2 Å². The molecule has 0 saturated carbocycles. The van der Waals surface area contributed by atoms with Crippen molar-refractivity contribution in [2.75, 3.05) is 6.54 Å². The van der Waals surface area contributed by atoms with Crippen molar-refractivity contribution in [2.24, 2.45) is 0 Å². The van der Waals surface area contributed by atoms with Crippen LogP contribution < -0.4 is 10.6 Å². The number of carbonyl (C=O) groups excluding carboxylic acids is 1. The van der Waals surface area contributed by atoms with Gasteiger partial charge in [0.25, 0.3) is 0 Å². The summed E-state index contributed by atoms with van der Waals surface area (Å²) in [5, 5.41) is 22.0. The first kappa shape index (κ1) is 14.9. The van der Waals surface area contributed by atoms with Gasteiger partial charge < -0.3 is 20.8 Å². The predicted octanol–water partition coefficient (Wildman–Crippen LogP) is 0.631. The van der Waals surface area contributed by atoms with Crippen LogP contribution in [0.25, 0.3) is 0 Å². The van der Waals surface area contributed by atoms with E-state index in [0.29, 0.717) is 5.56 Å². The minimum atomic E-state index is -1.67. The Balaban J connectivity index is 2.49. The standard InChI is InChI=1S/C12H15FN2O4/c1-7(8-4-2-3-5-9(8)13)15-12(19)14-6-10(16)11(17)18/h2-5,7,10,16H,6H2,1H3,(H,17,18)(H2,14,15,19)/t7?,10-/m0/s1. The minimum absolute atomic E-state index is 0.316. The van der Waals surface area contributed by atoms with Crippen molar-refractivity contribution in [3.8, 4) is 0 Å². The van der Waals surface area contributed by atoms with Gasteiger partial charge in [-0.15, -0.1) is 0 Å². The SMILES string of the molecule is CC(NC(=O)NC[C@H](O)C(=O)O)c1ccccc1F. The van der Waals surface area contributed by atoms with Crippen LogP contribution in [-0.2, 0) is 4.79 Å². The van der Waals surface area contributed by atoms with Gasteiger partial charge in [0.05, 0.1) is 12.6 Å². The Hall–Kier alpha value is -2.15. The number of carboxylic acid groups (broad SMARTS) is 1. The lowest BCUT2D eigenvalue weighted by molar-refractivity contribution is -0.146. The Kier molecular flexibility index (Phi) is 5.25. The van der Waals surface area contributed by atoms with Crippen molar-refractivity contribution in [2.45, 2.75) is 19.1 Å². The smallest absolute Gasteiger partial charge is 0.334 e. The first-order valence-electron chi connectivity index (χ1n) is 5.61. The number of carboxylic acids is 1. The van der Waals surface area contributed by atoms with Gasteiger partial charge in [-0.05, 0) is 13.0 Å². The Labute approximate surface area is 109 Å². The Morgan fingerprint density at radius 1 is 1.37 bits per heavy atom. The number of hydrogen-bond acceptors (Lipinski definition) is 3. The highest BCUT2D eigenvalue weighted by molar-refractivity contribution is 5.76. The Bertz CT molecular complexity index is 467. The van der Waals surface area contributed by atoms with Crippen LogP contribution in [0.4, 0.5) is 9.18 Å². The normalized spacial score (nSPS) is 13.4. The molecule has 0 aliphatic rings. The average molecular weight is 270 g/mol. The molecule has 0 saturated heterocycles. The average Bonchev–Trinajstić information content (AvgIpc) is 2.36. The highest BCUT2D eigenvalue weighted by atomic mass is 19.1. The predicted molar refractivity (Wildman–Crippen MR) is 65.0 cm³/mol. The molecule has 0 spiro atoms. The number of rotatable bonds is 5. The van der Waals surface area contributed by atoms with E-state index < -0.39 is 36.5 Å². The topological polar surface area (TPSA) is 98.7 Å². The summed E-state index contributed by atoms with van der Waals surface area (Å²) in [6, 6.07) is 4.72. The number of aliphatic hydroxyl groups is 1. The van der Waals surface area contributed by atoms with E-state index in [4.69, 9.17) is 10.2 Å². The molecule has 104 valence electrons. The number of aliphatic hydroxyl groups excluding tert-OH is 1. The summed E-state index contributed by atoms with van der Waals surface area (Å²) >= 11 is 0. The summed E-state index contributed by atoms with van der Waals surface area (Å²) in [4.78, 5) is 21.7. The van der Waals surface area contributed by atoms with Crippen molar-refractivity contribution in [1.29, 1.82) is 0 Å². The monoisotopic (exact) mass is 270 g/mol. The van der Waals surface area contributed by atoms with E-state index in [1.165, 1.54) is 18.2 Å². The molecule has 2 atom stereocenters. The minimum Gasteiger partial charge on any atom is -0.479 e. The molecule has 0 bridgehead atoms. The lowest BCUT2D eigenvalue weighted by atomic mass is 10.1. The summed E-state index contributed by atoms with van der Waals surface area (Å²) in [6.45, 7) is 1.16. The van der Waals surface area contributed by atoms with E-state index in [0.717, 1.165) is 0 Å². The first-order valence-corrected chi connectivity index (χ1v) is 5.61. The maximum Gasteiger partial charge on any atom is 0.334 e. The number of carbonyl (C=O) groups is 2. The summed E-state index contributed by atoms with van der Waals surface area (Å²) in [6.07, 6.45) is -1.67. The zero-order valence-corrected chi connectivity index (χ0v) is 10.3. The molecule has 1 aromatic carbocycles. The number of halogens is 1. The molecule has 1 aromatic rings. The van der Waals surface area contributed by atoms with Gasteiger partial charge in [0.15, 0.2) is 6.10 Å². The molecule has 0 radical (unpaired) electrons. The number of nitrogens with one attached hydrogen (secondary N) is 2. The molecule has 4 N–H and O–H groups in total. The van der Waals surface area contributed by atoms with E-state index >= 15 is 0 Å². The van der Waals surface area contributed by atoms with Gasteiger partial charge in [-0.25, -0.2) is 14.0 Å². The quantitative estimate of drug-likeness (QED) is 0.630. The van der Waals surface area contributed by atoms with Crippen LogP contribution in [0, 0.1) is 5.82 Å². The summed E-state index contributed by atoms with van der Waals surface area (Å²) in [5.41, 5.74) is 0.316. The third-order valence-electron chi connectivity index (χ3n) is 2.46. The highest BCUT2D eigenvalue weighted by Gasteiger charge is 2.16. The third-order valence-corrected chi connectivity index (χ3v) is 2.46. The molecular formula is C12H15FN2O4. The van der Waals surface area contributed by atoms with Crippen LogP contribution in [0.3, 0.4) is 0 Å². The van der Waals surface area contributed by atoms with Gasteiger partial charge in [-0.2, -0.15) is 0 Å². The van der Waals surface area contributed by atoms with Crippen LogP contribution in [0.5, 0.6) is 0 Å². The molecule has 6 nitrogen and oxygen atoms in total. The van der Waals surface area contributed by atoms with Gasteiger partial charge in [-0.1, -0.05) is 18.2 Å². The Morgan fingerprint density at radius 2 is 2.00 bits per heavy atom. The van der Waals surface area contributed by atoms with E-state index in [2.05, 4.69) is 10.6 Å². The van der Waals surface area contributed by atoms with Crippen molar-refractivity contribution in [1.82, 2.24) is 10.6 Å². The molecule has 0 aliphatic heterocycles. The van der Waals surface area contributed by atoms with E-state index in [9.17, 15) is 14.0 Å². The van der Waals surface area contributed by atoms with Crippen LogP contribution in [0.2, 0.25) is 0 Å². The fourth-order valence-electron chi connectivity index (χ4n) is 1.43. The lowest BCUT2D eigenvalue weighted by Crippen LogP contribution is -2.42. The molecule has 1 unspecified atom stereocenters. The lowest BCUT2D eigenvalue weighted by Gasteiger charge is -2.16. The molecular weight excluding hydrogens is 255 g/mol. The van der Waals surface area contributed by atoms with Gasteiger partial charge in [0.1, 0.15) is 5.82 Å². The second-order valence-electron chi connectivity index (χ2n) is 3.95. The summed E-state index contributed by atoms with van der Waals surface area (Å²) < 4.78 is 13.4. The second kappa shape index (κ2) is 6.69. The maximum atomic E-state index is 13.4. The first-order chi connectivity index (χ1) is 8.91. The van der Waals surface area contributed by atoms with E-state index in [1.807, 2.05) is 0 Å². The highest BCUT2D eigenvalue weighted by Crippen LogP contribution is 2.15. The van der Waals surface area contributed by atoms with Crippen LogP contribution >= 0.6 is 0 Å². The molecule has 0 fully saturated rings. The Morgan fingerprint density at radius 3 is 2.58 bits per heavy atom. The van der Waals surface area contributed by atoms with Crippen LogP contribution in [-0.4, -0.2) is 34.9 Å². The van der Waals surface area contributed by atoms with E-state index in [1.54, 1.807) is 13.0 Å². The number of amides is 2. The van der Waals surface area contributed by atoms with Gasteiger partial charge in [0, 0.05) is 5.56 Å². The molecule has 19 heavy (non-hydrogen) atoms. The van der Waals surface area contributed by atoms with Gasteiger partial charge >= 0.3 is 12.0 Å². The fourth-order valence-corrected chi connectivity index (χ4v) is 1.43. The summed E-state index contributed by atoms with van der Waals surface area (Å²) in [5.74, 6) is -1.87. The molecule has 7 heteroatoms. The number of aliphatic carboxylic acids is 1. The van der Waals surface area contributed by atoms with Crippen LogP contribution in [0.15, 0.2) is 24.3 Å². The zero-order chi connectivity index (χ0) is 14.4. The van der Waals surface area contributed by atoms with Gasteiger partial charge in [-0.3, -0.25) is 0 Å². The largest absolute Gasteiger partial charge is 0.479 e.